The highest BCUT2D eigenvalue weighted by atomic mass is 127. The van der Waals surface area contributed by atoms with Crippen molar-refractivity contribution < 1.29 is 0 Å². The van der Waals surface area contributed by atoms with E-state index >= 15 is 0 Å². The lowest BCUT2D eigenvalue weighted by Gasteiger charge is -1.78. The Hall–Kier alpha value is -0.520. The van der Waals surface area contributed by atoms with Gasteiger partial charge in [-0.15, -0.1) is 11.3 Å². The fraction of sp³-hybridized carbons (Fsp3) is 0. The van der Waals surface area contributed by atoms with Gasteiger partial charge in [-0.3, -0.25) is 0 Å². The Morgan fingerprint density at radius 1 is 1.60 bits per heavy atom. The van der Waals surface area contributed by atoms with Gasteiger partial charge in [0.1, 0.15) is 0 Å². The Balaban J connectivity index is 2.97. The SMILES string of the molecule is N#CC#Cc1sccc1I. The molecule has 0 aliphatic rings. The minimum atomic E-state index is 0.974. The molecule has 0 bridgehead atoms. The Morgan fingerprint density at radius 3 is 2.90 bits per heavy atom. The maximum atomic E-state index is 8.13. The zero-order valence-electron chi connectivity index (χ0n) is 4.89. The Labute approximate surface area is 76.8 Å². The second-order valence-electron chi connectivity index (χ2n) is 1.46. The molecule has 0 saturated heterocycles. The van der Waals surface area contributed by atoms with E-state index in [0.717, 1.165) is 8.45 Å². The van der Waals surface area contributed by atoms with Crippen LogP contribution in [0.2, 0.25) is 0 Å². The van der Waals surface area contributed by atoms with Crippen molar-refractivity contribution in [3.8, 4) is 17.9 Å². The molecule has 1 rings (SSSR count). The minimum absolute atomic E-state index is 0.974. The highest BCUT2D eigenvalue weighted by molar-refractivity contribution is 14.1. The number of rotatable bonds is 0. The van der Waals surface area contributed by atoms with Crippen LogP contribution in [-0.2, 0) is 0 Å². The predicted molar refractivity (Wildman–Crippen MR) is 49.5 cm³/mol. The Bertz CT molecular complexity index is 323. The normalized spacial score (nSPS) is 7.60. The summed E-state index contributed by atoms with van der Waals surface area (Å²) in [4.78, 5) is 0.974. The van der Waals surface area contributed by atoms with Gasteiger partial charge in [0.25, 0.3) is 0 Å². The average molecular weight is 259 g/mol. The van der Waals surface area contributed by atoms with Gasteiger partial charge in [-0.2, -0.15) is 5.26 Å². The molecule has 0 atom stereocenters. The molecule has 0 spiro atoms. The van der Waals surface area contributed by atoms with Crippen LogP contribution < -0.4 is 0 Å². The topological polar surface area (TPSA) is 23.8 Å². The second-order valence-corrected chi connectivity index (χ2v) is 3.54. The summed E-state index contributed by atoms with van der Waals surface area (Å²) in [6.07, 6.45) is 0. The van der Waals surface area contributed by atoms with E-state index in [9.17, 15) is 0 Å². The van der Waals surface area contributed by atoms with Gasteiger partial charge in [0.2, 0.25) is 0 Å². The summed E-state index contributed by atoms with van der Waals surface area (Å²) in [6, 6.07) is 3.75. The van der Waals surface area contributed by atoms with Crippen LogP contribution in [0.25, 0.3) is 0 Å². The van der Waals surface area contributed by atoms with Gasteiger partial charge in [-0.05, 0) is 40.0 Å². The highest BCUT2D eigenvalue weighted by Crippen LogP contribution is 2.16. The molecule has 48 valence electrons. The standard InChI is InChI=1S/C7H2INS/c8-6-3-5-10-7(6)2-1-4-9/h3,5H. The summed E-state index contributed by atoms with van der Waals surface area (Å²) < 4.78 is 1.12. The first-order valence-corrected chi connectivity index (χ1v) is 4.43. The molecule has 0 radical (unpaired) electrons. The maximum absolute atomic E-state index is 8.13. The van der Waals surface area contributed by atoms with E-state index in [1.54, 1.807) is 17.4 Å². The van der Waals surface area contributed by atoms with Crippen molar-refractivity contribution in [3.05, 3.63) is 19.9 Å². The molecule has 0 amide bonds. The summed E-state index contributed by atoms with van der Waals surface area (Å²) in [5.74, 6) is 5.10. The average Bonchev–Trinajstić information content (AvgIpc) is 2.31. The summed E-state index contributed by atoms with van der Waals surface area (Å²) in [7, 11) is 0. The van der Waals surface area contributed by atoms with Gasteiger partial charge >= 0.3 is 0 Å². The molecule has 0 fully saturated rings. The van der Waals surface area contributed by atoms with Crippen molar-refractivity contribution in [2.45, 2.75) is 0 Å². The zero-order valence-corrected chi connectivity index (χ0v) is 7.86. The van der Waals surface area contributed by atoms with E-state index in [0.29, 0.717) is 0 Å². The first-order valence-electron chi connectivity index (χ1n) is 2.47. The quantitative estimate of drug-likeness (QED) is 0.517. The molecular weight excluding hydrogens is 257 g/mol. The summed E-state index contributed by atoms with van der Waals surface area (Å²) in [5, 5.41) is 10.1. The van der Waals surface area contributed by atoms with Gasteiger partial charge in [-0.25, -0.2) is 0 Å². The van der Waals surface area contributed by atoms with E-state index in [1.807, 2.05) is 11.4 Å². The van der Waals surface area contributed by atoms with Crippen LogP contribution >= 0.6 is 33.9 Å². The van der Waals surface area contributed by atoms with Crippen LogP contribution in [0.3, 0.4) is 0 Å². The molecule has 0 N–H and O–H groups in total. The largest absolute Gasteiger partial charge is 0.183 e. The Kier molecular flexibility index (Phi) is 2.73. The first kappa shape index (κ1) is 7.59. The third-order valence-electron chi connectivity index (χ3n) is 0.849. The molecule has 10 heavy (non-hydrogen) atoms. The molecule has 1 aromatic heterocycles. The van der Waals surface area contributed by atoms with Crippen LogP contribution in [0.5, 0.6) is 0 Å². The van der Waals surface area contributed by atoms with Crippen molar-refractivity contribution in [1.82, 2.24) is 0 Å². The van der Waals surface area contributed by atoms with Crippen LogP contribution in [-0.4, -0.2) is 0 Å². The lowest BCUT2D eigenvalue weighted by molar-refractivity contribution is 1.55. The number of hydrogen-bond donors (Lipinski definition) is 0. The molecule has 1 nitrogen and oxygen atoms in total. The van der Waals surface area contributed by atoms with Gasteiger partial charge in [-0.1, -0.05) is 0 Å². The van der Waals surface area contributed by atoms with Crippen LogP contribution in [0.15, 0.2) is 11.4 Å². The van der Waals surface area contributed by atoms with Crippen molar-refractivity contribution in [3.63, 3.8) is 0 Å². The van der Waals surface area contributed by atoms with Crippen LogP contribution in [0.4, 0.5) is 0 Å². The molecule has 0 aliphatic carbocycles. The first-order chi connectivity index (χ1) is 4.84. The second kappa shape index (κ2) is 3.60. The fourth-order valence-electron chi connectivity index (χ4n) is 0.468. The van der Waals surface area contributed by atoms with Crippen LogP contribution in [0, 0.1) is 26.7 Å². The number of nitrogens with zero attached hydrogens (tertiary/aromatic N) is 1. The lowest BCUT2D eigenvalue weighted by Crippen LogP contribution is -1.66. The third-order valence-corrected chi connectivity index (χ3v) is 2.94. The number of hydrogen-bond acceptors (Lipinski definition) is 2. The molecule has 0 aromatic carbocycles. The van der Waals surface area contributed by atoms with Crippen molar-refractivity contribution >= 4 is 33.9 Å². The minimum Gasteiger partial charge on any atom is -0.183 e. The molecule has 1 aromatic rings. The maximum Gasteiger partial charge on any atom is 0.152 e. The fourth-order valence-corrected chi connectivity index (χ4v) is 2.04. The molecular formula is C7H2INS. The van der Waals surface area contributed by atoms with Crippen LogP contribution in [0.1, 0.15) is 4.88 Å². The molecule has 0 aliphatic heterocycles. The van der Waals surface area contributed by atoms with Crippen molar-refractivity contribution in [2.24, 2.45) is 0 Å². The van der Waals surface area contributed by atoms with E-state index in [-0.39, 0.29) is 0 Å². The van der Waals surface area contributed by atoms with Gasteiger partial charge in [0.05, 0.1) is 4.88 Å². The van der Waals surface area contributed by atoms with E-state index in [2.05, 4.69) is 34.4 Å². The Morgan fingerprint density at radius 2 is 2.40 bits per heavy atom. The summed E-state index contributed by atoms with van der Waals surface area (Å²) in [5.41, 5.74) is 0. The predicted octanol–water partition coefficient (Wildman–Crippen LogP) is 2.23. The molecule has 1 heterocycles. The third kappa shape index (κ3) is 1.73. The smallest absolute Gasteiger partial charge is 0.152 e. The lowest BCUT2D eigenvalue weighted by atomic mass is 10.5. The van der Waals surface area contributed by atoms with Crippen molar-refractivity contribution in [2.75, 3.05) is 0 Å². The summed E-state index contributed by atoms with van der Waals surface area (Å²) in [6.45, 7) is 0. The van der Waals surface area contributed by atoms with Gasteiger partial charge in [0.15, 0.2) is 6.07 Å². The molecule has 3 heteroatoms. The van der Waals surface area contributed by atoms with E-state index < -0.39 is 0 Å². The van der Waals surface area contributed by atoms with E-state index in [1.165, 1.54) is 0 Å². The number of thiophene rings is 1. The zero-order chi connectivity index (χ0) is 7.40. The summed E-state index contributed by atoms with van der Waals surface area (Å²) >= 11 is 3.75. The number of halogens is 1. The number of nitriles is 1. The van der Waals surface area contributed by atoms with Gasteiger partial charge < -0.3 is 0 Å². The van der Waals surface area contributed by atoms with E-state index in [4.69, 9.17) is 5.26 Å². The van der Waals surface area contributed by atoms with Crippen molar-refractivity contribution in [1.29, 1.82) is 5.26 Å². The molecule has 0 saturated carbocycles. The molecule has 0 unspecified atom stereocenters. The highest BCUT2D eigenvalue weighted by Gasteiger charge is 1.94. The van der Waals surface area contributed by atoms with Gasteiger partial charge in [0, 0.05) is 9.49 Å². The monoisotopic (exact) mass is 259 g/mol.